The van der Waals surface area contributed by atoms with Crippen LogP contribution < -0.4 is 14.9 Å². The Bertz CT molecular complexity index is 954. The minimum absolute atomic E-state index is 0.297. The molecular weight excluding hydrogens is 376 g/mol. The fourth-order valence-corrected chi connectivity index (χ4v) is 2.53. The van der Waals surface area contributed by atoms with Gasteiger partial charge in [-0.15, -0.1) is 0 Å². The van der Waals surface area contributed by atoms with Gasteiger partial charge < -0.3 is 9.47 Å². The summed E-state index contributed by atoms with van der Waals surface area (Å²) in [5.41, 5.74) is 4.83. The third-order valence-corrected chi connectivity index (χ3v) is 4.16. The molecule has 28 heavy (non-hydrogen) atoms. The molecule has 0 spiro atoms. The summed E-state index contributed by atoms with van der Waals surface area (Å²) in [5, 5.41) is 4.70. The number of nitrogens with zero attached hydrogens (tertiary/aromatic N) is 1. The minimum atomic E-state index is -0.297. The lowest BCUT2D eigenvalue weighted by molar-refractivity contribution is 0.0955. The predicted molar refractivity (Wildman–Crippen MR) is 110 cm³/mol. The SMILES string of the molecule is COc1ccc(C(=O)N/N=C/c2cccc(OCc3ccc(Cl)cc3)c2)cc1. The van der Waals surface area contributed by atoms with E-state index in [1.165, 1.54) is 0 Å². The number of carbonyl (C=O) groups excluding carboxylic acids is 1. The van der Waals surface area contributed by atoms with Gasteiger partial charge in [0.15, 0.2) is 0 Å². The Morgan fingerprint density at radius 3 is 2.50 bits per heavy atom. The van der Waals surface area contributed by atoms with Gasteiger partial charge in [0, 0.05) is 10.6 Å². The highest BCUT2D eigenvalue weighted by atomic mass is 35.5. The van der Waals surface area contributed by atoms with Gasteiger partial charge in [-0.05, 0) is 59.7 Å². The first-order valence-corrected chi connectivity index (χ1v) is 8.96. The van der Waals surface area contributed by atoms with Crippen LogP contribution in [0.3, 0.4) is 0 Å². The first kappa shape index (κ1) is 19.5. The monoisotopic (exact) mass is 394 g/mol. The van der Waals surface area contributed by atoms with E-state index in [1.54, 1.807) is 37.6 Å². The van der Waals surface area contributed by atoms with Gasteiger partial charge >= 0.3 is 0 Å². The number of nitrogens with one attached hydrogen (secondary N) is 1. The average molecular weight is 395 g/mol. The molecular formula is C22H19ClN2O3. The van der Waals surface area contributed by atoms with Gasteiger partial charge in [-0.1, -0.05) is 35.9 Å². The largest absolute Gasteiger partial charge is 0.497 e. The second-order valence-electron chi connectivity index (χ2n) is 5.92. The molecule has 1 amide bonds. The molecule has 3 rings (SSSR count). The molecule has 0 fully saturated rings. The Balaban J connectivity index is 1.55. The zero-order valence-electron chi connectivity index (χ0n) is 15.3. The van der Waals surface area contributed by atoms with Crippen molar-refractivity contribution in [3.05, 3.63) is 94.5 Å². The third kappa shape index (κ3) is 5.59. The van der Waals surface area contributed by atoms with E-state index in [4.69, 9.17) is 21.1 Å². The molecule has 6 heteroatoms. The highest BCUT2D eigenvalue weighted by molar-refractivity contribution is 6.30. The fourth-order valence-electron chi connectivity index (χ4n) is 2.40. The molecule has 0 aromatic heterocycles. The van der Waals surface area contributed by atoms with Crippen molar-refractivity contribution >= 4 is 23.7 Å². The van der Waals surface area contributed by atoms with Crippen molar-refractivity contribution in [2.24, 2.45) is 5.10 Å². The van der Waals surface area contributed by atoms with Gasteiger partial charge in [0.25, 0.3) is 5.91 Å². The van der Waals surface area contributed by atoms with E-state index in [0.29, 0.717) is 28.7 Å². The molecule has 0 aliphatic rings. The van der Waals surface area contributed by atoms with Crippen LogP contribution in [-0.4, -0.2) is 19.2 Å². The number of hydrogen-bond acceptors (Lipinski definition) is 4. The molecule has 0 saturated heterocycles. The first-order valence-electron chi connectivity index (χ1n) is 8.59. The Hall–Kier alpha value is -3.31. The number of hydrogen-bond donors (Lipinski definition) is 1. The number of methoxy groups -OCH3 is 1. The van der Waals surface area contributed by atoms with E-state index >= 15 is 0 Å². The van der Waals surface area contributed by atoms with Gasteiger partial charge in [-0.3, -0.25) is 4.79 Å². The summed E-state index contributed by atoms with van der Waals surface area (Å²) in [7, 11) is 1.58. The van der Waals surface area contributed by atoms with Crippen molar-refractivity contribution in [1.29, 1.82) is 0 Å². The van der Waals surface area contributed by atoms with Crippen molar-refractivity contribution < 1.29 is 14.3 Å². The number of ether oxygens (including phenoxy) is 2. The van der Waals surface area contributed by atoms with Gasteiger partial charge in [0.2, 0.25) is 0 Å². The van der Waals surface area contributed by atoms with Crippen LogP contribution in [0.1, 0.15) is 21.5 Å². The minimum Gasteiger partial charge on any atom is -0.497 e. The molecule has 0 unspecified atom stereocenters. The zero-order valence-corrected chi connectivity index (χ0v) is 16.0. The van der Waals surface area contributed by atoms with Crippen molar-refractivity contribution in [2.45, 2.75) is 6.61 Å². The Labute approximate surface area is 168 Å². The van der Waals surface area contributed by atoms with E-state index in [9.17, 15) is 4.79 Å². The maximum atomic E-state index is 12.1. The Morgan fingerprint density at radius 1 is 1.04 bits per heavy atom. The summed E-state index contributed by atoms with van der Waals surface area (Å²) in [6.45, 7) is 0.436. The predicted octanol–water partition coefficient (Wildman–Crippen LogP) is 4.69. The summed E-state index contributed by atoms with van der Waals surface area (Å²) >= 11 is 5.88. The second-order valence-corrected chi connectivity index (χ2v) is 6.35. The van der Waals surface area contributed by atoms with Crippen LogP contribution in [0.5, 0.6) is 11.5 Å². The molecule has 5 nitrogen and oxygen atoms in total. The quantitative estimate of drug-likeness (QED) is 0.467. The second kappa shape index (κ2) is 9.58. The van der Waals surface area contributed by atoms with Gasteiger partial charge in [-0.25, -0.2) is 5.43 Å². The molecule has 0 aliphatic heterocycles. The molecule has 142 valence electrons. The zero-order chi connectivity index (χ0) is 19.8. The lowest BCUT2D eigenvalue weighted by atomic mass is 10.2. The Kier molecular flexibility index (Phi) is 6.65. The number of carbonyl (C=O) groups is 1. The Morgan fingerprint density at radius 2 is 1.79 bits per heavy atom. The van der Waals surface area contributed by atoms with Crippen LogP contribution in [-0.2, 0) is 6.61 Å². The number of benzene rings is 3. The highest BCUT2D eigenvalue weighted by Crippen LogP contribution is 2.16. The van der Waals surface area contributed by atoms with E-state index in [0.717, 1.165) is 11.1 Å². The molecule has 0 bridgehead atoms. The molecule has 1 N–H and O–H groups in total. The van der Waals surface area contributed by atoms with E-state index in [-0.39, 0.29) is 5.91 Å². The summed E-state index contributed by atoms with van der Waals surface area (Å²) in [6, 6.07) is 21.7. The van der Waals surface area contributed by atoms with E-state index in [2.05, 4.69) is 10.5 Å². The van der Waals surface area contributed by atoms with Crippen molar-refractivity contribution in [1.82, 2.24) is 5.43 Å². The number of amides is 1. The molecule has 0 saturated carbocycles. The summed E-state index contributed by atoms with van der Waals surface area (Å²) in [4.78, 5) is 12.1. The van der Waals surface area contributed by atoms with Crippen LogP contribution in [0.15, 0.2) is 77.9 Å². The normalized spacial score (nSPS) is 10.6. The topological polar surface area (TPSA) is 59.9 Å². The maximum Gasteiger partial charge on any atom is 0.271 e. The van der Waals surface area contributed by atoms with E-state index < -0.39 is 0 Å². The lowest BCUT2D eigenvalue weighted by Crippen LogP contribution is -2.17. The lowest BCUT2D eigenvalue weighted by Gasteiger charge is -2.07. The average Bonchev–Trinajstić information content (AvgIpc) is 2.73. The van der Waals surface area contributed by atoms with Crippen molar-refractivity contribution in [2.75, 3.05) is 7.11 Å². The molecule has 3 aromatic rings. The van der Waals surface area contributed by atoms with Crippen molar-refractivity contribution in [3.8, 4) is 11.5 Å². The molecule has 0 aliphatic carbocycles. The molecule has 0 atom stereocenters. The standard InChI is InChI=1S/C22H19ClN2O3/c1-27-20-11-7-18(8-12-20)22(26)25-24-14-17-3-2-4-21(13-17)28-15-16-5-9-19(23)10-6-16/h2-14H,15H2,1H3,(H,25,26)/b24-14+. The smallest absolute Gasteiger partial charge is 0.271 e. The summed E-state index contributed by atoms with van der Waals surface area (Å²) in [6.07, 6.45) is 1.57. The van der Waals surface area contributed by atoms with Crippen LogP contribution in [0, 0.1) is 0 Å². The van der Waals surface area contributed by atoms with E-state index in [1.807, 2.05) is 48.5 Å². The molecule has 0 radical (unpaired) electrons. The number of halogens is 1. The highest BCUT2D eigenvalue weighted by Gasteiger charge is 2.04. The van der Waals surface area contributed by atoms with Crippen LogP contribution in [0.25, 0.3) is 0 Å². The van der Waals surface area contributed by atoms with Crippen LogP contribution in [0.2, 0.25) is 5.02 Å². The van der Waals surface area contributed by atoms with Crippen LogP contribution in [0.4, 0.5) is 0 Å². The fraction of sp³-hybridized carbons (Fsp3) is 0.0909. The number of rotatable bonds is 7. The van der Waals surface area contributed by atoms with Gasteiger partial charge in [0.05, 0.1) is 13.3 Å². The van der Waals surface area contributed by atoms with Crippen LogP contribution >= 0.6 is 11.6 Å². The molecule has 3 aromatic carbocycles. The maximum absolute atomic E-state index is 12.1. The summed E-state index contributed by atoms with van der Waals surface area (Å²) in [5.74, 6) is 1.10. The van der Waals surface area contributed by atoms with Crippen molar-refractivity contribution in [3.63, 3.8) is 0 Å². The van der Waals surface area contributed by atoms with Gasteiger partial charge in [-0.2, -0.15) is 5.10 Å². The molecule has 0 heterocycles. The van der Waals surface area contributed by atoms with Gasteiger partial charge in [0.1, 0.15) is 18.1 Å². The first-order chi connectivity index (χ1) is 13.6. The summed E-state index contributed by atoms with van der Waals surface area (Å²) < 4.78 is 10.9. The third-order valence-electron chi connectivity index (χ3n) is 3.91. The number of hydrazone groups is 1.